The van der Waals surface area contributed by atoms with E-state index in [0.29, 0.717) is 0 Å². The van der Waals surface area contributed by atoms with Crippen LogP contribution in [0.15, 0.2) is 41.0 Å². The molecule has 0 aliphatic carbocycles. The van der Waals surface area contributed by atoms with Crippen LogP contribution in [0.2, 0.25) is 0 Å². The zero-order valence-corrected chi connectivity index (χ0v) is 16.5. The Balaban J connectivity index is 1.56. The van der Waals surface area contributed by atoms with Gasteiger partial charge in [-0.15, -0.1) is 11.3 Å². The molecule has 0 atom stereocenters. The minimum atomic E-state index is 0.766. The smallest absolute Gasteiger partial charge is 0.194 e. The summed E-state index contributed by atoms with van der Waals surface area (Å²) in [7, 11) is 2.06. The van der Waals surface area contributed by atoms with Gasteiger partial charge in [-0.3, -0.25) is 4.99 Å². The number of hydrogen-bond donors (Lipinski definition) is 1. The molecule has 2 aromatic heterocycles. The number of nitrogens with one attached hydrogen (secondary N) is 1. The Labute approximate surface area is 158 Å². The summed E-state index contributed by atoms with van der Waals surface area (Å²) in [6.45, 7) is 7.43. The van der Waals surface area contributed by atoms with E-state index < -0.39 is 0 Å². The third-order valence-corrected chi connectivity index (χ3v) is 4.93. The molecular weight excluding hydrogens is 344 g/mol. The second-order valence-corrected chi connectivity index (χ2v) is 7.29. The molecule has 0 spiro atoms. The van der Waals surface area contributed by atoms with Crippen LogP contribution in [0, 0.1) is 6.92 Å². The number of hydrogen-bond acceptors (Lipinski definition) is 4. The van der Waals surface area contributed by atoms with Crippen LogP contribution < -0.4 is 5.32 Å². The van der Waals surface area contributed by atoms with Gasteiger partial charge in [-0.1, -0.05) is 12.1 Å². The van der Waals surface area contributed by atoms with E-state index in [1.54, 1.807) is 11.3 Å². The predicted molar refractivity (Wildman–Crippen MR) is 109 cm³/mol. The van der Waals surface area contributed by atoms with Gasteiger partial charge in [-0.25, -0.2) is 9.97 Å². The topological polar surface area (TPSA) is 58.3 Å². The van der Waals surface area contributed by atoms with Gasteiger partial charge in [0.05, 0.1) is 34.6 Å². The summed E-state index contributed by atoms with van der Waals surface area (Å²) < 4.78 is 2.19. The molecule has 0 fully saturated rings. The van der Waals surface area contributed by atoms with Crippen molar-refractivity contribution in [2.24, 2.45) is 4.99 Å². The van der Waals surface area contributed by atoms with Crippen molar-refractivity contribution >= 4 is 28.3 Å². The highest BCUT2D eigenvalue weighted by molar-refractivity contribution is 7.09. The summed E-state index contributed by atoms with van der Waals surface area (Å²) in [6, 6.07) is 8.23. The molecule has 1 N–H and O–H groups in total. The summed E-state index contributed by atoms with van der Waals surface area (Å²) in [6.07, 6.45) is 2.88. The van der Waals surface area contributed by atoms with Crippen LogP contribution in [0.25, 0.3) is 11.0 Å². The van der Waals surface area contributed by atoms with Crippen LogP contribution in [0.4, 0.5) is 0 Å². The Bertz CT molecular complexity index is 866. The first-order valence-electron chi connectivity index (χ1n) is 8.97. The van der Waals surface area contributed by atoms with E-state index in [1.165, 1.54) is 5.52 Å². The number of imidazole rings is 1. The van der Waals surface area contributed by atoms with Crippen molar-refractivity contribution in [1.29, 1.82) is 0 Å². The zero-order valence-electron chi connectivity index (χ0n) is 15.6. The van der Waals surface area contributed by atoms with Gasteiger partial charge < -0.3 is 14.8 Å². The number of para-hydroxylation sites is 2. The number of fused-ring (bicyclic) bond motifs is 1. The number of aliphatic imine (C=N–C) groups is 1. The molecule has 0 unspecified atom stereocenters. The van der Waals surface area contributed by atoms with Crippen molar-refractivity contribution < 1.29 is 0 Å². The highest BCUT2D eigenvalue weighted by Crippen LogP contribution is 2.12. The molecule has 0 bridgehead atoms. The second kappa shape index (κ2) is 8.80. The Morgan fingerprint density at radius 1 is 1.35 bits per heavy atom. The van der Waals surface area contributed by atoms with Crippen LogP contribution in [0.3, 0.4) is 0 Å². The molecule has 6 nitrogen and oxygen atoms in total. The molecule has 2 heterocycles. The fourth-order valence-corrected chi connectivity index (χ4v) is 3.49. The number of aryl methyl sites for hydroxylation is 2. The van der Waals surface area contributed by atoms with E-state index in [-0.39, 0.29) is 0 Å². The van der Waals surface area contributed by atoms with Crippen LogP contribution in [0.5, 0.6) is 0 Å². The van der Waals surface area contributed by atoms with Crippen molar-refractivity contribution in [2.45, 2.75) is 33.4 Å². The largest absolute Gasteiger partial charge is 0.357 e. The van der Waals surface area contributed by atoms with Gasteiger partial charge in [0.15, 0.2) is 5.96 Å². The third-order valence-electron chi connectivity index (χ3n) is 4.11. The fourth-order valence-electron chi connectivity index (χ4n) is 2.88. The van der Waals surface area contributed by atoms with Crippen LogP contribution >= 0.6 is 11.3 Å². The third kappa shape index (κ3) is 4.60. The van der Waals surface area contributed by atoms with Gasteiger partial charge in [0.25, 0.3) is 0 Å². The van der Waals surface area contributed by atoms with Crippen molar-refractivity contribution in [2.75, 3.05) is 20.1 Å². The average molecular weight is 371 g/mol. The molecule has 3 rings (SSSR count). The quantitative estimate of drug-likeness (QED) is 0.394. The van der Waals surface area contributed by atoms with E-state index in [4.69, 9.17) is 4.99 Å². The van der Waals surface area contributed by atoms with Gasteiger partial charge in [-0.05, 0) is 32.4 Å². The Morgan fingerprint density at radius 2 is 2.19 bits per heavy atom. The molecule has 26 heavy (non-hydrogen) atoms. The first-order chi connectivity index (χ1) is 12.7. The SMILES string of the molecule is CCNC(=NCCCn1cnc2ccccc21)N(C)Cc1csc(C)n1. The summed E-state index contributed by atoms with van der Waals surface area (Å²) in [5.74, 6) is 0.925. The minimum Gasteiger partial charge on any atom is -0.357 e. The number of guanidine groups is 1. The number of thiazole rings is 1. The summed E-state index contributed by atoms with van der Waals surface area (Å²) in [5.41, 5.74) is 3.31. The van der Waals surface area contributed by atoms with Gasteiger partial charge in [0.2, 0.25) is 0 Å². The number of aromatic nitrogens is 3. The Hall–Kier alpha value is -2.41. The summed E-state index contributed by atoms with van der Waals surface area (Å²) in [5, 5.41) is 6.58. The molecule has 0 aliphatic heterocycles. The number of nitrogens with zero attached hydrogens (tertiary/aromatic N) is 5. The lowest BCUT2D eigenvalue weighted by Crippen LogP contribution is -2.38. The van der Waals surface area contributed by atoms with Gasteiger partial charge in [0, 0.05) is 32.1 Å². The van der Waals surface area contributed by atoms with Gasteiger partial charge in [-0.2, -0.15) is 0 Å². The average Bonchev–Trinajstić information content (AvgIpc) is 3.24. The van der Waals surface area contributed by atoms with E-state index in [1.807, 2.05) is 25.4 Å². The lowest BCUT2D eigenvalue weighted by atomic mass is 10.3. The monoisotopic (exact) mass is 370 g/mol. The van der Waals surface area contributed by atoms with Crippen molar-refractivity contribution in [3.05, 3.63) is 46.7 Å². The van der Waals surface area contributed by atoms with Crippen LogP contribution in [-0.4, -0.2) is 45.5 Å². The number of benzene rings is 1. The van der Waals surface area contributed by atoms with Crippen LogP contribution in [0.1, 0.15) is 24.0 Å². The fraction of sp³-hybridized carbons (Fsp3) is 0.421. The molecule has 0 aliphatic rings. The van der Waals surface area contributed by atoms with Gasteiger partial charge >= 0.3 is 0 Å². The maximum absolute atomic E-state index is 4.77. The lowest BCUT2D eigenvalue weighted by molar-refractivity contribution is 0.470. The summed E-state index contributed by atoms with van der Waals surface area (Å²) >= 11 is 1.69. The van der Waals surface area contributed by atoms with E-state index in [9.17, 15) is 0 Å². The molecule has 3 aromatic rings. The molecule has 1 aromatic carbocycles. The molecule has 0 radical (unpaired) electrons. The lowest BCUT2D eigenvalue weighted by Gasteiger charge is -2.21. The van der Waals surface area contributed by atoms with E-state index >= 15 is 0 Å². The van der Waals surface area contributed by atoms with E-state index in [2.05, 4.69) is 56.2 Å². The highest BCUT2D eigenvalue weighted by Gasteiger charge is 2.08. The molecular formula is C19H26N6S. The standard InChI is InChI=1S/C19H26N6S/c1-4-20-19(24(3)12-16-13-26-15(2)23-16)21-10-7-11-25-14-22-17-8-5-6-9-18(17)25/h5-6,8-9,13-14H,4,7,10-12H2,1-3H3,(H,20,21). The maximum Gasteiger partial charge on any atom is 0.194 e. The highest BCUT2D eigenvalue weighted by atomic mass is 32.1. The molecule has 138 valence electrons. The van der Waals surface area contributed by atoms with Crippen molar-refractivity contribution in [3.8, 4) is 0 Å². The van der Waals surface area contributed by atoms with Crippen LogP contribution in [-0.2, 0) is 13.1 Å². The normalized spacial score (nSPS) is 11.9. The first-order valence-corrected chi connectivity index (χ1v) is 9.85. The zero-order chi connectivity index (χ0) is 18.4. The first kappa shape index (κ1) is 18.4. The molecule has 7 heteroatoms. The molecule has 0 amide bonds. The van der Waals surface area contributed by atoms with Gasteiger partial charge in [0.1, 0.15) is 0 Å². The van der Waals surface area contributed by atoms with Crippen molar-refractivity contribution in [1.82, 2.24) is 24.8 Å². The Kier molecular flexibility index (Phi) is 6.22. The second-order valence-electron chi connectivity index (χ2n) is 6.23. The van der Waals surface area contributed by atoms with Crippen molar-refractivity contribution in [3.63, 3.8) is 0 Å². The molecule has 0 saturated heterocycles. The minimum absolute atomic E-state index is 0.766. The maximum atomic E-state index is 4.77. The summed E-state index contributed by atoms with van der Waals surface area (Å²) in [4.78, 5) is 15.9. The predicted octanol–water partition coefficient (Wildman–Crippen LogP) is 3.29. The molecule has 0 saturated carbocycles. The van der Waals surface area contributed by atoms with E-state index in [0.717, 1.165) is 54.8 Å². The Morgan fingerprint density at radius 3 is 2.96 bits per heavy atom. The number of rotatable bonds is 7.